The number of rotatable bonds is 2. The zero-order chi connectivity index (χ0) is 13.9. The van der Waals surface area contributed by atoms with Gasteiger partial charge in [0.15, 0.2) is 0 Å². The third-order valence-electron chi connectivity index (χ3n) is 3.09. The van der Waals surface area contributed by atoms with Crippen LogP contribution in [0, 0.1) is 0 Å². The van der Waals surface area contributed by atoms with E-state index in [-0.39, 0.29) is 0 Å². The van der Waals surface area contributed by atoms with E-state index in [1.807, 2.05) is 42.5 Å². The molecule has 0 nitrogen and oxygen atoms in total. The van der Waals surface area contributed by atoms with Crippen molar-refractivity contribution in [2.24, 2.45) is 0 Å². The Labute approximate surface area is 130 Å². The van der Waals surface area contributed by atoms with E-state index < -0.39 is 9.70 Å². The second-order valence-electron chi connectivity index (χ2n) is 4.40. The Balaban J connectivity index is 2.12. The lowest BCUT2D eigenvalue weighted by atomic mass is 10.0. The first-order chi connectivity index (χ1) is 9.75. The Hall–Kier alpha value is -1.28. The number of benzene rings is 2. The van der Waals surface area contributed by atoms with Gasteiger partial charge in [0.2, 0.25) is 0 Å². The third kappa shape index (κ3) is 2.76. The van der Waals surface area contributed by atoms with Gasteiger partial charge >= 0.3 is 0 Å². The molecule has 100 valence electrons. The lowest BCUT2D eigenvalue weighted by molar-refractivity contribution is 1.62. The monoisotopic (exact) mass is 318 g/mol. The molecule has 1 aliphatic rings. The molecule has 20 heavy (non-hydrogen) atoms. The normalized spacial score (nSPS) is 18.5. The van der Waals surface area contributed by atoms with Gasteiger partial charge in [-0.05, 0) is 49.2 Å². The van der Waals surface area contributed by atoms with E-state index in [2.05, 4.69) is 30.3 Å². The maximum atomic E-state index is 6.47. The fourth-order valence-electron chi connectivity index (χ4n) is 2.10. The van der Waals surface area contributed by atoms with E-state index in [4.69, 9.17) is 22.3 Å². The first kappa shape index (κ1) is 13.7. The van der Waals surface area contributed by atoms with Gasteiger partial charge in [0, 0.05) is 4.91 Å². The van der Waals surface area contributed by atoms with E-state index in [1.165, 1.54) is 0 Å². The van der Waals surface area contributed by atoms with Gasteiger partial charge in [-0.25, -0.2) is 0 Å². The highest BCUT2D eigenvalue weighted by molar-refractivity contribution is 8.42. The average molecular weight is 319 g/mol. The molecule has 0 saturated heterocycles. The molecule has 0 bridgehead atoms. The summed E-state index contributed by atoms with van der Waals surface area (Å²) in [6.45, 7) is 0. The van der Waals surface area contributed by atoms with Gasteiger partial charge in [-0.15, -0.1) is 0 Å². The van der Waals surface area contributed by atoms with Crippen molar-refractivity contribution in [2.75, 3.05) is 0 Å². The molecule has 0 radical (unpaired) electrons. The van der Waals surface area contributed by atoms with Crippen LogP contribution in [-0.2, 0) is 0 Å². The Morgan fingerprint density at radius 2 is 1.25 bits per heavy atom. The summed E-state index contributed by atoms with van der Waals surface area (Å²) >= 11 is 6.34. The Kier molecular flexibility index (Phi) is 4.11. The van der Waals surface area contributed by atoms with Crippen LogP contribution in [0.5, 0.6) is 0 Å². The smallest absolute Gasteiger partial charge is 0.0760 e. The summed E-state index contributed by atoms with van der Waals surface area (Å²) in [6.07, 6.45) is 4.09. The molecule has 0 aliphatic carbocycles. The van der Waals surface area contributed by atoms with Gasteiger partial charge in [-0.2, -0.15) is 0 Å². The summed E-state index contributed by atoms with van der Waals surface area (Å²) < 4.78 is 0.687. The minimum atomic E-state index is -0.579. The molecule has 0 amide bonds. The molecule has 0 fully saturated rings. The molecule has 1 heterocycles. The standard InChI is InChI=1S/C17H12Cl2S/c18-17-12-15(13-7-3-1-4-8-13)11-16(20(17)19)14-9-5-2-6-10-14/h1-12H. The molecular formula is C17H12Cl2S. The number of hydrogen-bond acceptors (Lipinski definition) is 0. The van der Waals surface area contributed by atoms with Gasteiger partial charge in [0.05, 0.1) is 4.32 Å². The zero-order valence-corrected chi connectivity index (χ0v) is 12.9. The van der Waals surface area contributed by atoms with Crippen molar-refractivity contribution in [3.05, 3.63) is 83.9 Å². The van der Waals surface area contributed by atoms with Crippen LogP contribution in [0.2, 0.25) is 0 Å². The topological polar surface area (TPSA) is 0 Å². The Bertz CT molecular complexity index is 713. The summed E-state index contributed by atoms with van der Waals surface area (Å²) in [7, 11) is 5.89. The van der Waals surface area contributed by atoms with Gasteiger partial charge < -0.3 is 0 Å². The quantitative estimate of drug-likeness (QED) is 0.476. The van der Waals surface area contributed by atoms with Crippen LogP contribution in [0.3, 0.4) is 0 Å². The first-order valence-corrected chi connectivity index (χ1v) is 8.66. The van der Waals surface area contributed by atoms with Crippen LogP contribution in [0.1, 0.15) is 11.1 Å². The lowest BCUT2D eigenvalue weighted by Crippen LogP contribution is -1.94. The Morgan fingerprint density at radius 1 is 0.700 bits per heavy atom. The summed E-state index contributed by atoms with van der Waals surface area (Å²) in [5.74, 6) is 0. The van der Waals surface area contributed by atoms with Gasteiger partial charge in [-0.3, -0.25) is 0 Å². The molecule has 1 aliphatic heterocycles. The fourth-order valence-corrected chi connectivity index (χ4v) is 4.02. The highest BCUT2D eigenvalue weighted by Gasteiger charge is 2.15. The first-order valence-electron chi connectivity index (χ1n) is 6.23. The van der Waals surface area contributed by atoms with E-state index in [0.29, 0.717) is 4.32 Å². The van der Waals surface area contributed by atoms with Gasteiger partial charge in [0.25, 0.3) is 0 Å². The molecule has 0 aromatic heterocycles. The molecule has 2 aromatic carbocycles. The third-order valence-corrected chi connectivity index (χ3v) is 6.09. The van der Waals surface area contributed by atoms with Crippen molar-refractivity contribution in [3.63, 3.8) is 0 Å². The second-order valence-corrected chi connectivity index (χ2v) is 7.35. The molecule has 0 saturated carbocycles. The maximum absolute atomic E-state index is 6.47. The van der Waals surface area contributed by atoms with Crippen molar-refractivity contribution >= 4 is 46.8 Å². The average Bonchev–Trinajstić information content (AvgIpc) is 2.51. The summed E-state index contributed by atoms with van der Waals surface area (Å²) in [5.41, 5.74) is 3.36. The van der Waals surface area contributed by atoms with Crippen molar-refractivity contribution in [2.45, 2.75) is 0 Å². The fraction of sp³-hybridized carbons (Fsp3) is 0. The van der Waals surface area contributed by atoms with E-state index in [0.717, 1.165) is 21.6 Å². The van der Waals surface area contributed by atoms with Crippen molar-refractivity contribution < 1.29 is 0 Å². The summed E-state index contributed by atoms with van der Waals surface area (Å²) in [6, 6.07) is 20.4. The second kappa shape index (κ2) is 6.01. The van der Waals surface area contributed by atoms with Crippen LogP contribution >= 0.6 is 32.0 Å². The molecule has 0 spiro atoms. The SMILES string of the molecule is ClC1=S(Cl)C(c2ccccc2)=CC(c2ccccc2)=C1. The highest BCUT2D eigenvalue weighted by atomic mass is 35.7. The number of allylic oxidation sites excluding steroid dienone is 3. The van der Waals surface area contributed by atoms with Crippen molar-refractivity contribution in [1.29, 1.82) is 0 Å². The summed E-state index contributed by atoms with van der Waals surface area (Å²) in [4.78, 5) is 1.07. The minimum Gasteiger partial charge on any atom is -0.0760 e. The van der Waals surface area contributed by atoms with Crippen LogP contribution in [0.25, 0.3) is 10.5 Å². The predicted molar refractivity (Wildman–Crippen MR) is 93.1 cm³/mol. The maximum Gasteiger partial charge on any atom is 0.0835 e. The number of hydrogen-bond donors (Lipinski definition) is 0. The molecule has 0 N–H and O–H groups in total. The molecule has 1 unspecified atom stereocenters. The highest BCUT2D eigenvalue weighted by Crippen LogP contribution is 2.45. The Morgan fingerprint density at radius 3 is 1.85 bits per heavy atom. The van der Waals surface area contributed by atoms with Gasteiger partial charge in [0.1, 0.15) is 0 Å². The van der Waals surface area contributed by atoms with E-state index in [9.17, 15) is 0 Å². The molecule has 3 heteroatoms. The van der Waals surface area contributed by atoms with Crippen molar-refractivity contribution in [3.8, 4) is 0 Å². The number of halogens is 2. The van der Waals surface area contributed by atoms with Crippen LogP contribution in [-0.4, -0.2) is 4.32 Å². The van der Waals surface area contributed by atoms with Crippen LogP contribution in [0.15, 0.2) is 72.8 Å². The van der Waals surface area contributed by atoms with E-state index >= 15 is 0 Å². The van der Waals surface area contributed by atoms with Crippen LogP contribution < -0.4 is 0 Å². The lowest BCUT2D eigenvalue weighted by Gasteiger charge is -2.16. The van der Waals surface area contributed by atoms with Crippen LogP contribution in [0.4, 0.5) is 0 Å². The molecule has 3 rings (SSSR count). The molecular weight excluding hydrogens is 307 g/mol. The summed E-state index contributed by atoms with van der Waals surface area (Å²) in [5, 5.41) is 0. The van der Waals surface area contributed by atoms with Crippen molar-refractivity contribution in [1.82, 2.24) is 0 Å². The van der Waals surface area contributed by atoms with E-state index in [1.54, 1.807) is 0 Å². The zero-order valence-electron chi connectivity index (χ0n) is 10.6. The largest absolute Gasteiger partial charge is 0.0835 e. The minimum absolute atomic E-state index is 0.579. The predicted octanol–water partition coefficient (Wildman–Crippen LogP) is 5.92. The van der Waals surface area contributed by atoms with Gasteiger partial charge in [-0.1, -0.05) is 72.3 Å². The molecule has 2 aromatic rings. The molecule has 1 atom stereocenters.